The first-order valence-corrected chi connectivity index (χ1v) is 9.24. The van der Waals surface area contributed by atoms with Crippen LogP contribution in [-0.2, 0) is 0 Å². The molecule has 3 aromatic rings. The van der Waals surface area contributed by atoms with Crippen LogP contribution < -0.4 is 9.64 Å². The van der Waals surface area contributed by atoms with Gasteiger partial charge in [-0.15, -0.1) is 0 Å². The maximum atomic E-state index is 13.2. The first kappa shape index (κ1) is 18.0. The monoisotopic (exact) mass is 376 g/mol. The van der Waals surface area contributed by atoms with Crippen molar-refractivity contribution in [3.05, 3.63) is 75.8 Å². The van der Waals surface area contributed by atoms with E-state index in [1.54, 1.807) is 31.4 Å². The van der Waals surface area contributed by atoms with Gasteiger partial charge in [0.1, 0.15) is 11.4 Å². The number of rotatable bonds is 5. The topological polar surface area (TPSA) is 72.7 Å². The number of nitro groups is 1. The van der Waals surface area contributed by atoms with Crippen molar-refractivity contribution in [3.8, 4) is 5.75 Å². The van der Waals surface area contributed by atoms with E-state index in [1.165, 1.54) is 6.07 Å². The fourth-order valence-corrected chi connectivity index (χ4v) is 3.84. The van der Waals surface area contributed by atoms with Gasteiger partial charge < -0.3 is 9.64 Å². The number of benzene rings is 3. The molecule has 0 unspecified atom stereocenters. The molecule has 142 valence electrons. The Morgan fingerprint density at radius 1 is 1.04 bits per heavy atom. The summed E-state index contributed by atoms with van der Waals surface area (Å²) in [6, 6.07) is 15.7. The molecular weight excluding hydrogens is 356 g/mol. The van der Waals surface area contributed by atoms with E-state index in [4.69, 9.17) is 4.74 Å². The smallest absolute Gasteiger partial charge is 0.293 e. The molecule has 28 heavy (non-hydrogen) atoms. The Kier molecular flexibility index (Phi) is 4.69. The molecule has 4 rings (SSSR count). The van der Waals surface area contributed by atoms with Crippen molar-refractivity contribution in [2.45, 2.75) is 12.8 Å². The lowest BCUT2D eigenvalue weighted by atomic mass is 9.96. The second-order valence-electron chi connectivity index (χ2n) is 6.84. The van der Waals surface area contributed by atoms with Gasteiger partial charge in [-0.2, -0.15) is 0 Å². The summed E-state index contributed by atoms with van der Waals surface area (Å²) in [5.74, 6) is 0.442. The highest BCUT2D eigenvalue weighted by Gasteiger charge is 2.24. The third-order valence-electron chi connectivity index (χ3n) is 5.23. The SMILES string of the molecule is COc1ccc(C(=O)c2ccc(N3CCCC3)c([N+](=O)[O-])c2)c2ccccc12. The molecule has 1 heterocycles. The van der Waals surface area contributed by atoms with Crippen LogP contribution in [-0.4, -0.2) is 30.9 Å². The van der Waals surface area contributed by atoms with Gasteiger partial charge in [-0.1, -0.05) is 24.3 Å². The molecule has 0 amide bonds. The third kappa shape index (κ3) is 3.07. The predicted molar refractivity (Wildman–Crippen MR) is 108 cm³/mol. The Morgan fingerprint density at radius 2 is 1.75 bits per heavy atom. The van der Waals surface area contributed by atoms with E-state index in [9.17, 15) is 14.9 Å². The first-order chi connectivity index (χ1) is 13.6. The van der Waals surface area contributed by atoms with Crippen LogP contribution in [0.4, 0.5) is 11.4 Å². The summed E-state index contributed by atoms with van der Waals surface area (Å²) < 4.78 is 5.39. The highest BCUT2D eigenvalue weighted by molar-refractivity contribution is 6.17. The molecule has 0 N–H and O–H groups in total. The molecule has 1 saturated heterocycles. The summed E-state index contributed by atoms with van der Waals surface area (Å²) in [6.45, 7) is 1.61. The lowest BCUT2D eigenvalue weighted by Crippen LogP contribution is -2.19. The summed E-state index contributed by atoms with van der Waals surface area (Å²) in [5, 5.41) is 13.2. The van der Waals surface area contributed by atoms with Gasteiger partial charge in [-0.05, 0) is 42.5 Å². The number of fused-ring (bicyclic) bond motifs is 1. The maximum Gasteiger partial charge on any atom is 0.293 e. The number of nitro benzene ring substituents is 1. The van der Waals surface area contributed by atoms with Gasteiger partial charge in [0.25, 0.3) is 5.69 Å². The number of ketones is 1. The van der Waals surface area contributed by atoms with Crippen LogP contribution >= 0.6 is 0 Å². The molecule has 0 atom stereocenters. The quantitative estimate of drug-likeness (QED) is 0.370. The molecule has 1 aliphatic rings. The van der Waals surface area contributed by atoms with Gasteiger partial charge >= 0.3 is 0 Å². The fourth-order valence-electron chi connectivity index (χ4n) is 3.84. The normalized spacial score (nSPS) is 13.7. The molecule has 0 aliphatic carbocycles. The molecule has 6 heteroatoms. The molecule has 0 bridgehead atoms. The molecular formula is C22H20N2O4. The van der Waals surface area contributed by atoms with Crippen LogP contribution in [0.3, 0.4) is 0 Å². The number of carbonyl (C=O) groups is 1. The van der Waals surface area contributed by atoms with Crippen molar-refractivity contribution in [2.24, 2.45) is 0 Å². The number of carbonyl (C=O) groups excluding carboxylic acids is 1. The number of methoxy groups -OCH3 is 1. The molecule has 1 fully saturated rings. The molecule has 0 aromatic heterocycles. The second-order valence-corrected chi connectivity index (χ2v) is 6.84. The van der Waals surface area contributed by atoms with Crippen LogP contribution in [0, 0.1) is 10.1 Å². The van der Waals surface area contributed by atoms with Gasteiger partial charge in [-0.25, -0.2) is 0 Å². The zero-order chi connectivity index (χ0) is 19.7. The Balaban J connectivity index is 1.80. The van der Waals surface area contributed by atoms with Crippen molar-refractivity contribution in [1.29, 1.82) is 0 Å². The fraction of sp³-hybridized carbons (Fsp3) is 0.227. The summed E-state index contributed by atoms with van der Waals surface area (Å²) in [5.41, 5.74) is 1.37. The number of hydrogen-bond acceptors (Lipinski definition) is 5. The van der Waals surface area contributed by atoms with Crippen molar-refractivity contribution in [2.75, 3.05) is 25.1 Å². The minimum atomic E-state index is -0.406. The van der Waals surface area contributed by atoms with E-state index in [-0.39, 0.29) is 11.5 Å². The molecule has 0 spiro atoms. The number of anilines is 1. The summed E-state index contributed by atoms with van der Waals surface area (Å²) in [7, 11) is 1.59. The molecule has 3 aromatic carbocycles. The van der Waals surface area contributed by atoms with Crippen molar-refractivity contribution in [3.63, 3.8) is 0 Å². The van der Waals surface area contributed by atoms with Gasteiger partial charge in [-0.3, -0.25) is 14.9 Å². The Morgan fingerprint density at radius 3 is 2.43 bits per heavy atom. The van der Waals surface area contributed by atoms with Crippen molar-refractivity contribution < 1.29 is 14.5 Å². The molecule has 0 saturated carbocycles. The van der Waals surface area contributed by atoms with E-state index < -0.39 is 4.92 Å². The zero-order valence-corrected chi connectivity index (χ0v) is 15.6. The predicted octanol–water partition coefficient (Wildman–Crippen LogP) is 4.59. The van der Waals surface area contributed by atoms with Gasteiger partial charge in [0, 0.05) is 35.7 Å². The summed E-state index contributed by atoms with van der Waals surface area (Å²) >= 11 is 0. The first-order valence-electron chi connectivity index (χ1n) is 9.24. The second kappa shape index (κ2) is 7.31. The Labute approximate surface area is 162 Å². The van der Waals surface area contributed by atoms with Gasteiger partial charge in [0.2, 0.25) is 0 Å². The number of nitrogens with zero attached hydrogens (tertiary/aromatic N) is 2. The molecule has 1 aliphatic heterocycles. The Hall–Kier alpha value is -3.41. The van der Waals surface area contributed by atoms with Crippen LogP contribution in [0.15, 0.2) is 54.6 Å². The third-order valence-corrected chi connectivity index (χ3v) is 5.23. The molecule has 0 radical (unpaired) electrons. The lowest BCUT2D eigenvalue weighted by Gasteiger charge is -2.18. The number of hydrogen-bond donors (Lipinski definition) is 0. The largest absolute Gasteiger partial charge is 0.496 e. The van der Waals surface area contributed by atoms with E-state index >= 15 is 0 Å². The van der Waals surface area contributed by atoms with Crippen LogP contribution in [0.25, 0.3) is 10.8 Å². The minimum Gasteiger partial charge on any atom is -0.496 e. The van der Waals surface area contributed by atoms with Gasteiger partial charge in [0.15, 0.2) is 5.78 Å². The van der Waals surface area contributed by atoms with Crippen LogP contribution in [0.2, 0.25) is 0 Å². The lowest BCUT2D eigenvalue weighted by molar-refractivity contribution is -0.384. The zero-order valence-electron chi connectivity index (χ0n) is 15.6. The highest BCUT2D eigenvalue weighted by Crippen LogP contribution is 2.34. The van der Waals surface area contributed by atoms with Crippen LogP contribution in [0.5, 0.6) is 5.75 Å². The van der Waals surface area contributed by atoms with Crippen LogP contribution in [0.1, 0.15) is 28.8 Å². The van der Waals surface area contributed by atoms with E-state index in [1.807, 2.05) is 29.2 Å². The number of ether oxygens (including phenoxy) is 1. The van der Waals surface area contributed by atoms with E-state index in [0.717, 1.165) is 36.7 Å². The van der Waals surface area contributed by atoms with E-state index in [0.29, 0.717) is 22.6 Å². The maximum absolute atomic E-state index is 13.2. The van der Waals surface area contributed by atoms with Crippen molar-refractivity contribution >= 4 is 27.9 Å². The van der Waals surface area contributed by atoms with Crippen molar-refractivity contribution in [1.82, 2.24) is 0 Å². The van der Waals surface area contributed by atoms with E-state index in [2.05, 4.69) is 0 Å². The summed E-state index contributed by atoms with van der Waals surface area (Å²) in [4.78, 5) is 26.4. The standard InChI is InChI=1S/C22H20N2O4/c1-28-21-11-9-18(16-6-2-3-7-17(16)21)22(25)15-8-10-19(20(14-15)24(26)27)23-12-4-5-13-23/h2-3,6-11,14H,4-5,12-13H2,1H3. The average Bonchev–Trinajstić information content (AvgIpc) is 3.26. The highest BCUT2D eigenvalue weighted by atomic mass is 16.6. The Bertz CT molecular complexity index is 1070. The van der Waals surface area contributed by atoms with Gasteiger partial charge in [0.05, 0.1) is 12.0 Å². The summed E-state index contributed by atoms with van der Waals surface area (Å²) in [6.07, 6.45) is 2.05. The molecule has 6 nitrogen and oxygen atoms in total. The average molecular weight is 376 g/mol. The minimum absolute atomic E-state index is 0.0226.